The van der Waals surface area contributed by atoms with Crippen molar-refractivity contribution in [1.29, 1.82) is 0 Å². The predicted molar refractivity (Wildman–Crippen MR) is 73.8 cm³/mol. The van der Waals surface area contributed by atoms with Gasteiger partial charge in [-0.3, -0.25) is 0 Å². The molecule has 3 nitrogen and oxygen atoms in total. The molecule has 3 rings (SSSR count). The maximum absolute atomic E-state index is 12.8. The Morgan fingerprint density at radius 2 is 1.89 bits per heavy atom. The van der Waals surface area contributed by atoms with Gasteiger partial charge in [-0.2, -0.15) is 0 Å². The fourth-order valence-corrected chi connectivity index (χ4v) is 4.78. The first kappa shape index (κ1) is 12.5. The topological polar surface area (TPSA) is 38.3 Å². The zero-order valence-corrected chi connectivity index (χ0v) is 11.8. The summed E-state index contributed by atoms with van der Waals surface area (Å²) in [7, 11) is 0. The molecule has 98 valence electrons. The van der Waals surface area contributed by atoms with Gasteiger partial charge in [0.25, 0.3) is 0 Å². The summed E-state index contributed by atoms with van der Waals surface area (Å²) in [5, 5.41) is 3.43. The van der Waals surface area contributed by atoms with E-state index >= 15 is 0 Å². The molecule has 2 aliphatic heterocycles. The zero-order chi connectivity index (χ0) is 12.7. The molecule has 1 N–H and O–H groups in total. The van der Waals surface area contributed by atoms with Crippen LogP contribution in [0.15, 0.2) is 23.1 Å². The van der Waals surface area contributed by atoms with Crippen molar-refractivity contribution in [2.24, 2.45) is 0 Å². The molecule has 1 aromatic rings. The second-order valence-electron chi connectivity index (χ2n) is 5.42. The fourth-order valence-electron chi connectivity index (χ4n) is 3.02. The van der Waals surface area contributed by atoms with Crippen LogP contribution in [-0.4, -0.2) is 34.0 Å². The lowest BCUT2D eigenvalue weighted by Crippen LogP contribution is -2.54. The van der Waals surface area contributed by atoms with Gasteiger partial charge in [-0.05, 0) is 38.3 Å². The van der Waals surface area contributed by atoms with Crippen molar-refractivity contribution >= 4 is 11.4 Å². The maximum atomic E-state index is 12.8. The normalized spacial score (nSPS) is 29.5. The summed E-state index contributed by atoms with van der Waals surface area (Å²) in [6.07, 6.45) is 2.35. The number of aryl methyl sites for hydroxylation is 2. The lowest BCUT2D eigenvalue weighted by Gasteiger charge is -2.34. The zero-order valence-electron chi connectivity index (χ0n) is 11.0. The van der Waals surface area contributed by atoms with E-state index in [9.17, 15) is 4.55 Å². The molecule has 0 aliphatic carbocycles. The van der Waals surface area contributed by atoms with Gasteiger partial charge in [-0.1, -0.05) is 12.1 Å². The summed E-state index contributed by atoms with van der Waals surface area (Å²) in [5.41, 5.74) is 2.32. The minimum Gasteiger partial charge on any atom is -0.593 e. The molecular formula is C14H20N2OS. The predicted octanol–water partition coefficient (Wildman–Crippen LogP) is 1.76. The van der Waals surface area contributed by atoms with Gasteiger partial charge in [0.2, 0.25) is 0 Å². The van der Waals surface area contributed by atoms with E-state index in [1.54, 1.807) is 0 Å². The Labute approximate surface area is 112 Å². The number of rotatable bonds is 2. The quantitative estimate of drug-likeness (QED) is 0.827. The Kier molecular flexibility index (Phi) is 3.36. The first-order valence-corrected chi connectivity index (χ1v) is 7.75. The van der Waals surface area contributed by atoms with Crippen LogP contribution in [0.3, 0.4) is 0 Å². The van der Waals surface area contributed by atoms with Gasteiger partial charge in [0.05, 0.1) is 23.4 Å². The van der Waals surface area contributed by atoms with Gasteiger partial charge in [0.15, 0.2) is 4.90 Å². The largest absolute Gasteiger partial charge is 0.593 e. The highest BCUT2D eigenvalue weighted by molar-refractivity contribution is 7.89. The highest BCUT2D eigenvalue weighted by atomic mass is 32.2. The van der Waals surface area contributed by atoms with Crippen molar-refractivity contribution in [2.75, 3.05) is 13.1 Å². The van der Waals surface area contributed by atoms with Gasteiger partial charge in [-0.15, -0.1) is 4.31 Å². The molecule has 4 heteroatoms. The van der Waals surface area contributed by atoms with E-state index in [1.807, 2.05) is 0 Å². The second kappa shape index (κ2) is 4.85. The SMILES string of the molecule is Cc1ccc(C)c([S+]([O-])N2C3CCC2CNC3)c1. The average Bonchev–Trinajstić information content (AvgIpc) is 2.61. The Hall–Kier alpha value is -0.550. The van der Waals surface area contributed by atoms with Crippen LogP contribution in [0.1, 0.15) is 24.0 Å². The molecule has 1 aromatic carbocycles. The lowest BCUT2D eigenvalue weighted by molar-refractivity contribution is 0.263. The van der Waals surface area contributed by atoms with E-state index in [4.69, 9.17) is 0 Å². The Morgan fingerprint density at radius 1 is 1.22 bits per heavy atom. The van der Waals surface area contributed by atoms with Crippen molar-refractivity contribution in [3.8, 4) is 0 Å². The summed E-state index contributed by atoms with van der Waals surface area (Å²) in [6.45, 7) is 6.07. The van der Waals surface area contributed by atoms with Crippen LogP contribution in [0.25, 0.3) is 0 Å². The van der Waals surface area contributed by atoms with Crippen LogP contribution in [-0.2, 0) is 11.4 Å². The van der Waals surface area contributed by atoms with Crippen LogP contribution >= 0.6 is 0 Å². The number of hydrogen-bond acceptors (Lipinski definition) is 3. The van der Waals surface area contributed by atoms with Crippen molar-refractivity contribution < 1.29 is 4.55 Å². The highest BCUT2D eigenvalue weighted by Gasteiger charge is 2.45. The molecule has 2 heterocycles. The van der Waals surface area contributed by atoms with Gasteiger partial charge in [0.1, 0.15) is 0 Å². The number of hydrogen-bond donors (Lipinski definition) is 1. The van der Waals surface area contributed by atoms with Gasteiger partial charge >= 0.3 is 0 Å². The molecular weight excluding hydrogens is 244 g/mol. The number of benzene rings is 1. The highest BCUT2D eigenvalue weighted by Crippen LogP contribution is 2.33. The van der Waals surface area contributed by atoms with E-state index in [1.165, 1.54) is 18.4 Å². The van der Waals surface area contributed by atoms with E-state index in [2.05, 4.69) is 41.7 Å². The van der Waals surface area contributed by atoms with Crippen molar-refractivity contribution in [3.63, 3.8) is 0 Å². The first-order valence-electron chi connectivity index (χ1n) is 6.65. The molecule has 2 saturated heterocycles. The molecule has 0 saturated carbocycles. The minimum atomic E-state index is -0.996. The molecule has 0 aromatic heterocycles. The van der Waals surface area contributed by atoms with E-state index in [0.717, 1.165) is 23.5 Å². The molecule has 3 atom stereocenters. The molecule has 2 bridgehead atoms. The summed E-state index contributed by atoms with van der Waals surface area (Å²) in [5.74, 6) is 0. The molecule has 0 spiro atoms. The van der Waals surface area contributed by atoms with Gasteiger partial charge in [-0.25, -0.2) is 0 Å². The Bertz CT molecular complexity index is 435. The summed E-state index contributed by atoms with van der Waals surface area (Å²) >= 11 is -0.996. The third-order valence-electron chi connectivity index (χ3n) is 4.04. The van der Waals surface area contributed by atoms with Crippen LogP contribution < -0.4 is 5.32 Å². The standard InChI is InChI=1S/C14H20N2OS/c1-10-3-4-11(2)14(7-10)18(17)16-12-5-6-13(16)9-15-8-12/h3-4,7,12-13,15H,5-6,8-9H2,1-2H3. The summed E-state index contributed by atoms with van der Waals surface area (Å²) in [4.78, 5) is 0.994. The Balaban J connectivity index is 1.90. The van der Waals surface area contributed by atoms with Gasteiger partial charge < -0.3 is 9.87 Å². The maximum Gasteiger partial charge on any atom is 0.177 e. The molecule has 0 radical (unpaired) electrons. The monoisotopic (exact) mass is 264 g/mol. The lowest BCUT2D eigenvalue weighted by atomic mass is 10.2. The van der Waals surface area contributed by atoms with Crippen LogP contribution in [0.2, 0.25) is 0 Å². The molecule has 3 unspecified atom stereocenters. The molecule has 18 heavy (non-hydrogen) atoms. The van der Waals surface area contributed by atoms with Crippen molar-refractivity contribution in [2.45, 2.75) is 43.7 Å². The van der Waals surface area contributed by atoms with Gasteiger partial charge in [0, 0.05) is 18.7 Å². The average molecular weight is 264 g/mol. The minimum absolute atomic E-state index is 0.449. The molecule has 2 fully saturated rings. The van der Waals surface area contributed by atoms with Crippen LogP contribution in [0.5, 0.6) is 0 Å². The van der Waals surface area contributed by atoms with Crippen molar-refractivity contribution in [1.82, 2.24) is 9.62 Å². The second-order valence-corrected chi connectivity index (χ2v) is 6.78. The van der Waals surface area contributed by atoms with E-state index in [0.29, 0.717) is 12.1 Å². The Morgan fingerprint density at radius 3 is 2.56 bits per heavy atom. The fraction of sp³-hybridized carbons (Fsp3) is 0.571. The number of nitrogens with zero attached hydrogens (tertiary/aromatic N) is 1. The van der Waals surface area contributed by atoms with E-state index in [-0.39, 0.29) is 0 Å². The number of fused-ring (bicyclic) bond motifs is 2. The third kappa shape index (κ3) is 2.07. The van der Waals surface area contributed by atoms with Crippen LogP contribution in [0.4, 0.5) is 0 Å². The van der Waals surface area contributed by atoms with E-state index < -0.39 is 11.4 Å². The molecule has 0 amide bonds. The summed E-state index contributed by atoms with van der Waals surface area (Å²) < 4.78 is 15.1. The number of piperazine rings is 1. The summed E-state index contributed by atoms with van der Waals surface area (Å²) in [6, 6.07) is 7.14. The smallest absolute Gasteiger partial charge is 0.177 e. The van der Waals surface area contributed by atoms with Crippen molar-refractivity contribution in [3.05, 3.63) is 29.3 Å². The first-order chi connectivity index (χ1) is 8.66. The molecule has 2 aliphatic rings. The van der Waals surface area contributed by atoms with Crippen LogP contribution in [0, 0.1) is 13.8 Å². The third-order valence-corrected chi connectivity index (χ3v) is 5.83. The number of nitrogens with one attached hydrogen (secondary N) is 1.